The number of para-hydroxylation sites is 1. The molecule has 2 rings (SSSR count). The van der Waals surface area contributed by atoms with Crippen LogP contribution in [0.15, 0.2) is 24.4 Å². The fourth-order valence-electron chi connectivity index (χ4n) is 1.78. The van der Waals surface area contributed by atoms with Crippen LogP contribution in [0.1, 0.15) is 29.3 Å². The van der Waals surface area contributed by atoms with E-state index in [0.29, 0.717) is 17.7 Å². The van der Waals surface area contributed by atoms with Crippen LogP contribution in [0.5, 0.6) is 5.75 Å². The van der Waals surface area contributed by atoms with Crippen molar-refractivity contribution >= 4 is 22.9 Å². The first kappa shape index (κ1) is 15.3. The Bertz CT molecular complexity index is 569. The van der Waals surface area contributed by atoms with E-state index in [1.54, 1.807) is 11.3 Å². The van der Waals surface area contributed by atoms with Gasteiger partial charge in [-0.2, -0.15) is 0 Å². The predicted molar refractivity (Wildman–Crippen MR) is 84.6 cm³/mol. The molecular weight excluding hydrogens is 292 g/mol. The first-order chi connectivity index (χ1) is 9.56. The van der Waals surface area contributed by atoms with E-state index in [1.165, 1.54) is 0 Å². The van der Waals surface area contributed by atoms with Crippen molar-refractivity contribution in [2.45, 2.75) is 40.0 Å². The van der Waals surface area contributed by atoms with Crippen LogP contribution in [0.3, 0.4) is 0 Å². The van der Waals surface area contributed by atoms with Crippen molar-refractivity contribution in [2.75, 3.05) is 0 Å². The van der Waals surface area contributed by atoms with E-state index in [0.717, 1.165) is 27.7 Å². The average Bonchev–Trinajstić information content (AvgIpc) is 2.81. The zero-order valence-corrected chi connectivity index (χ0v) is 13.5. The highest BCUT2D eigenvalue weighted by Gasteiger charge is 2.10. The summed E-state index contributed by atoms with van der Waals surface area (Å²) in [5.74, 6) is 0.758. The van der Waals surface area contributed by atoms with Crippen molar-refractivity contribution in [1.82, 2.24) is 10.3 Å². The second-order valence-corrected chi connectivity index (χ2v) is 6.62. The summed E-state index contributed by atoms with van der Waals surface area (Å²) in [4.78, 5) is 5.33. The Balaban J connectivity index is 2.08. The van der Waals surface area contributed by atoms with Gasteiger partial charge in [0.05, 0.1) is 14.9 Å². The number of halogens is 1. The van der Waals surface area contributed by atoms with Crippen molar-refractivity contribution in [1.29, 1.82) is 0 Å². The quantitative estimate of drug-likeness (QED) is 0.869. The third-order valence-electron chi connectivity index (χ3n) is 2.78. The number of hydrogen-bond acceptors (Lipinski definition) is 4. The van der Waals surface area contributed by atoms with Crippen molar-refractivity contribution in [2.24, 2.45) is 0 Å². The van der Waals surface area contributed by atoms with Crippen LogP contribution < -0.4 is 10.1 Å². The largest absolute Gasteiger partial charge is 0.486 e. The van der Waals surface area contributed by atoms with Gasteiger partial charge in [-0.15, -0.1) is 11.3 Å². The molecule has 1 heterocycles. The number of benzene rings is 1. The molecule has 0 bridgehead atoms. The Morgan fingerprint density at radius 2 is 2.20 bits per heavy atom. The van der Waals surface area contributed by atoms with Gasteiger partial charge in [0.15, 0.2) is 0 Å². The van der Waals surface area contributed by atoms with Crippen LogP contribution in [-0.4, -0.2) is 11.0 Å². The van der Waals surface area contributed by atoms with Crippen molar-refractivity contribution < 1.29 is 4.74 Å². The summed E-state index contributed by atoms with van der Waals surface area (Å²) in [5.41, 5.74) is 1.08. The lowest BCUT2D eigenvalue weighted by Gasteiger charge is -2.14. The minimum Gasteiger partial charge on any atom is -0.486 e. The molecule has 1 aromatic carbocycles. The molecule has 20 heavy (non-hydrogen) atoms. The summed E-state index contributed by atoms with van der Waals surface area (Å²) in [5, 5.41) is 5.08. The molecule has 1 N–H and O–H groups in total. The molecule has 108 valence electrons. The van der Waals surface area contributed by atoms with E-state index in [2.05, 4.69) is 24.1 Å². The molecule has 0 fully saturated rings. The van der Waals surface area contributed by atoms with Gasteiger partial charge in [0.1, 0.15) is 12.4 Å². The fourth-order valence-corrected chi connectivity index (χ4v) is 2.74. The Morgan fingerprint density at radius 1 is 1.40 bits per heavy atom. The predicted octanol–water partition coefficient (Wildman–Crippen LogP) is 4.18. The van der Waals surface area contributed by atoms with E-state index in [-0.39, 0.29) is 0 Å². The summed E-state index contributed by atoms with van der Waals surface area (Å²) in [6.45, 7) is 7.47. The van der Waals surface area contributed by atoms with Gasteiger partial charge >= 0.3 is 0 Å². The first-order valence-electron chi connectivity index (χ1n) is 6.61. The topological polar surface area (TPSA) is 34.1 Å². The summed E-state index contributed by atoms with van der Waals surface area (Å²) in [6.07, 6.45) is 1.85. The minimum atomic E-state index is 0.422. The second kappa shape index (κ2) is 7.07. The molecule has 0 aliphatic carbocycles. The molecule has 0 saturated carbocycles. The Labute approximate surface area is 129 Å². The molecule has 0 unspecified atom stereocenters. The van der Waals surface area contributed by atoms with E-state index in [9.17, 15) is 0 Å². The lowest BCUT2D eigenvalue weighted by Crippen LogP contribution is -2.22. The number of thiazole rings is 1. The fraction of sp³-hybridized carbons (Fsp3) is 0.400. The standard InChI is InChI=1S/C15H19ClN2OS/c1-10(2)17-7-12-5-4-6-14(16)15(12)19-9-13-8-18-11(3)20-13/h4-6,8,10,17H,7,9H2,1-3H3. The molecule has 0 spiro atoms. The van der Waals surface area contributed by atoms with E-state index in [4.69, 9.17) is 16.3 Å². The van der Waals surface area contributed by atoms with E-state index in [1.807, 2.05) is 31.3 Å². The van der Waals surface area contributed by atoms with E-state index >= 15 is 0 Å². The molecule has 0 aliphatic rings. The summed E-state index contributed by atoms with van der Waals surface area (Å²) >= 11 is 7.89. The van der Waals surface area contributed by atoms with Crippen LogP contribution in [0, 0.1) is 6.92 Å². The van der Waals surface area contributed by atoms with Gasteiger partial charge in [-0.05, 0) is 13.0 Å². The smallest absolute Gasteiger partial charge is 0.142 e. The van der Waals surface area contributed by atoms with Gasteiger partial charge in [0.2, 0.25) is 0 Å². The van der Waals surface area contributed by atoms with Gasteiger partial charge in [-0.3, -0.25) is 0 Å². The third kappa shape index (κ3) is 4.20. The van der Waals surface area contributed by atoms with Gasteiger partial charge in [0.25, 0.3) is 0 Å². The summed E-state index contributed by atoms with van der Waals surface area (Å²) in [6, 6.07) is 6.26. The molecule has 2 aromatic rings. The molecule has 3 nitrogen and oxygen atoms in total. The molecule has 5 heteroatoms. The van der Waals surface area contributed by atoms with Crippen LogP contribution in [-0.2, 0) is 13.2 Å². The van der Waals surface area contributed by atoms with Gasteiger partial charge < -0.3 is 10.1 Å². The number of rotatable bonds is 6. The maximum Gasteiger partial charge on any atom is 0.142 e. The normalized spacial score (nSPS) is 11.1. The van der Waals surface area contributed by atoms with Crippen LogP contribution in [0.25, 0.3) is 0 Å². The molecule has 1 aromatic heterocycles. The number of hydrogen-bond donors (Lipinski definition) is 1. The SMILES string of the molecule is Cc1ncc(COc2c(Cl)cccc2CNC(C)C)s1. The highest BCUT2D eigenvalue weighted by molar-refractivity contribution is 7.11. The molecule has 0 radical (unpaired) electrons. The zero-order valence-electron chi connectivity index (χ0n) is 11.9. The van der Waals surface area contributed by atoms with Crippen molar-refractivity contribution in [3.63, 3.8) is 0 Å². The Kier molecular flexibility index (Phi) is 5.40. The maximum atomic E-state index is 6.25. The molecule has 0 atom stereocenters. The first-order valence-corrected chi connectivity index (χ1v) is 7.80. The monoisotopic (exact) mass is 310 g/mol. The van der Waals surface area contributed by atoms with Crippen LogP contribution in [0.4, 0.5) is 0 Å². The number of nitrogens with one attached hydrogen (secondary N) is 1. The van der Waals surface area contributed by atoms with E-state index < -0.39 is 0 Å². The average molecular weight is 311 g/mol. The molecule has 0 aliphatic heterocycles. The van der Waals surface area contributed by atoms with Crippen molar-refractivity contribution in [3.8, 4) is 5.75 Å². The summed E-state index contributed by atoms with van der Waals surface area (Å²) in [7, 11) is 0. The number of nitrogens with zero attached hydrogens (tertiary/aromatic N) is 1. The molecule has 0 saturated heterocycles. The van der Waals surface area contributed by atoms with Crippen LogP contribution >= 0.6 is 22.9 Å². The third-order valence-corrected chi connectivity index (χ3v) is 3.96. The number of aryl methyl sites for hydroxylation is 1. The highest BCUT2D eigenvalue weighted by atomic mass is 35.5. The van der Waals surface area contributed by atoms with Gasteiger partial charge in [-0.25, -0.2) is 4.98 Å². The highest BCUT2D eigenvalue weighted by Crippen LogP contribution is 2.30. The second-order valence-electron chi connectivity index (χ2n) is 4.90. The molecular formula is C15H19ClN2OS. The number of ether oxygens (including phenoxy) is 1. The zero-order chi connectivity index (χ0) is 14.5. The lowest BCUT2D eigenvalue weighted by molar-refractivity contribution is 0.305. The van der Waals surface area contributed by atoms with Gasteiger partial charge in [0, 0.05) is 24.3 Å². The van der Waals surface area contributed by atoms with Crippen LogP contribution in [0.2, 0.25) is 5.02 Å². The Morgan fingerprint density at radius 3 is 2.85 bits per heavy atom. The van der Waals surface area contributed by atoms with Gasteiger partial charge in [-0.1, -0.05) is 37.6 Å². The minimum absolute atomic E-state index is 0.422. The Hall–Kier alpha value is -1.10. The summed E-state index contributed by atoms with van der Waals surface area (Å²) < 4.78 is 5.90. The molecule has 0 amide bonds. The lowest BCUT2D eigenvalue weighted by atomic mass is 10.2. The maximum absolute atomic E-state index is 6.25. The number of aromatic nitrogens is 1. The van der Waals surface area contributed by atoms with Crippen molar-refractivity contribution in [3.05, 3.63) is 44.9 Å².